The van der Waals surface area contributed by atoms with Gasteiger partial charge in [-0.05, 0) is 17.7 Å². The average molecular weight is 179 g/mol. The molecular formula is C9H9NO3. The fraction of sp³-hybridized carbons (Fsp3) is 0.111. The third-order valence-corrected chi connectivity index (χ3v) is 1.39. The summed E-state index contributed by atoms with van der Waals surface area (Å²) >= 11 is 0. The molecular weight excluding hydrogens is 170 g/mol. The van der Waals surface area contributed by atoms with Crippen LogP contribution in [0.2, 0.25) is 0 Å². The molecule has 1 rings (SSSR count). The predicted molar refractivity (Wildman–Crippen MR) is 47.5 cm³/mol. The van der Waals surface area contributed by atoms with E-state index >= 15 is 0 Å². The lowest BCUT2D eigenvalue weighted by atomic mass is 10.2. The minimum absolute atomic E-state index is 0.507. The Kier molecular flexibility index (Phi) is 3.03. The summed E-state index contributed by atoms with van der Waals surface area (Å²) in [5.41, 5.74) is 0.725. The van der Waals surface area contributed by atoms with Crippen LogP contribution >= 0.6 is 0 Å². The lowest BCUT2D eigenvalue weighted by Gasteiger charge is -1.96. The second-order valence-corrected chi connectivity index (χ2v) is 2.31. The van der Waals surface area contributed by atoms with Crippen molar-refractivity contribution in [2.45, 2.75) is 0 Å². The molecule has 0 aliphatic rings. The zero-order valence-corrected chi connectivity index (χ0v) is 7.10. The number of nitrogens with zero attached hydrogens (tertiary/aromatic N) is 1. The van der Waals surface area contributed by atoms with Crippen LogP contribution in [0.4, 0.5) is 0 Å². The minimum Gasteiger partial charge on any atom is -0.481 e. The van der Waals surface area contributed by atoms with Crippen LogP contribution in [0, 0.1) is 0 Å². The number of carbonyl (C=O) groups is 1. The molecule has 0 aromatic carbocycles. The number of hydrogen-bond donors (Lipinski definition) is 1. The molecule has 13 heavy (non-hydrogen) atoms. The van der Waals surface area contributed by atoms with E-state index in [1.807, 2.05) is 0 Å². The van der Waals surface area contributed by atoms with Gasteiger partial charge in [0.2, 0.25) is 5.88 Å². The first kappa shape index (κ1) is 9.25. The van der Waals surface area contributed by atoms with Gasteiger partial charge in [-0.2, -0.15) is 0 Å². The summed E-state index contributed by atoms with van der Waals surface area (Å²) in [5.74, 6) is -0.469. The van der Waals surface area contributed by atoms with Crippen molar-refractivity contribution in [1.29, 1.82) is 0 Å². The number of carboxylic acids is 1. The molecule has 0 amide bonds. The molecule has 1 aromatic heterocycles. The van der Waals surface area contributed by atoms with Crippen molar-refractivity contribution in [3.05, 3.63) is 30.0 Å². The minimum atomic E-state index is -0.976. The summed E-state index contributed by atoms with van der Waals surface area (Å²) < 4.78 is 4.84. The predicted octanol–water partition coefficient (Wildman–Crippen LogP) is 1.19. The van der Waals surface area contributed by atoms with Crippen molar-refractivity contribution in [3.8, 4) is 5.88 Å². The highest BCUT2D eigenvalue weighted by Crippen LogP contribution is 2.07. The smallest absolute Gasteiger partial charge is 0.328 e. The average Bonchev–Trinajstić information content (AvgIpc) is 2.15. The lowest BCUT2D eigenvalue weighted by Crippen LogP contribution is -1.88. The maximum Gasteiger partial charge on any atom is 0.328 e. The number of aliphatic carboxylic acids is 1. The van der Waals surface area contributed by atoms with E-state index in [2.05, 4.69) is 4.98 Å². The first-order valence-electron chi connectivity index (χ1n) is 3.63. The Morgan fingerprint density at radius 3 is 2.85 bits per heavy atom. The number of rotatable bonds is 3. The fourth-order valence-electron chi connectivity index (χ4n) is 0.779. The van der Waals surface area contributed by atoms with Gasteiger partial charge in [0.1, 0.15) is 0 Å². The van der Waals surface area contributed by atoms with Crippen LogP contribution in [-0.4, -0.2) is 23.2 Å². The van der Waals surface area contributed by atoms with Gasteiger partial charge in [-0.3, -0.25) is 0 Å². The lowest BCUT2D eigenvalue weighted by molar-refractivity contribution is -0.131. The standard InChI is InChI=1S/C9H9NO3/c1-13-8-4-2-7(6-10-8)3-5-9(11)12/h2-6H,1H3,(H,11,12)/b5-3+. The van der Waals surface area contributed by atoms with E-state index in [4.69, 9.17) is 9.84 Å². The molecule has 1 heterocycles. The molecule has 4 heteroatoms. The highest BCUT2D eigenvalue weighted by molar-refractivity contribution is 5.85. The van der Waals surface area contributed by atoms with Gasteiger partial charge >= 0.3 is 5.97 Å². The van der Waals surface area contributed by atoms with Gasteiger partial charge in [-0.1, -0.05) is 0 Å². The van der Waals surface area contributed by atoms with E-state index in [0.717, 1.165) is 11.6 Å². The number of methoxy groups -OCH3 is 1. The zero-order chi connectivity index (χ0) is 9.68. The molecule has 0 fully saturated rings. The van der Waals surface area contributed by atoms with Crippen LogP contribution in [0.5, 0.6) is 5.88 Å². The van der Waals surface area contributed by atoms with Gasteiger partial charge in [-0.25, -0.2) is 9.78 Å². The molecule has 4 nitrogen and oxygen atoms in total. The van der Waals surface area contributed by atoms with Crippen LogP contribution in [0.1, 0.15) is 5.56 Å². The van der Waals surface area contributed by atoms with Crippen LogP contribution in [0.15, 0.2) is 24.4 Å². The van der Waals surface area contributed by atoms with Crippen molar-refractivity contribution in [2.24, 2.45) is 0 Å². The Balaban J connectivity index is 2.75. The van der Waals surface area contributed by atoms with E-state index in [9.17, 15) is 4.79 Å². The Hall–Kier alpha value is -1.84. The van der Waals surface area contributed by atoms with Crippen molar-refractivity contribution in [1.82, 2.24) is 4.98 Å². The molecule has 0 unspecified atom stereocenters. The van der Waals surface area contributed by atoms with Gasteiger partial charge in [-0.15, -0.1) is 0 Å². The van der Waals surface area contributed by atoms with Crippen molar-refractivity contribution >= 4 is 12.0 Å². The molecule has 0 aliphatic carbocycles. The summed E-state index contributed by atoms with van der Waals surface area (Å²) in [6.45, 7) is 0. The molecule has 0 radical (unpaired) electrons. The Morgan fingerprint density at radius 1 is 1.62 bits per heavy atom. The van der Waals surface area contributed by atoms with E-state index in [1.54, 1.807) is 12.1 Å². The number of aromatic nitrogens is 1. The Morgan fingerprint density at radius 2 is 2.38 bits per heavy atom. The highest BCUT2D eigenvalue weighted by atomic mass is 16.5. The van der Waals surface area contributed by atoms with Crippen molar-refractivity contribution < 1.29 is 14.6 Å². The molecule has 68 valence electrons. The Bertz CT molecular complexity index is 316. The second kappa shape index (κ2) is 4.25. The molecule has 0 aliphatic heterocycles. The van der Waals surface area contributed by atoms with Gasteiger partial charge in [0.15, 0.2) is 0 Å². The molecule has 1 aromatic rings. The molecule has 0 atom stereocenters. The first-order valence-corrected chi connectivity index (χ1v) is 3.63. The van der Waals surface area contributed by atoms with E-state index in [0.29, 0.717) is 5.88 Å². The van der Waals surface area contributed by atoms with Crippen LogP contribution in [0.25, 0.3) is 6.08 Å². The quantitative estimate of drug-likeness (QED) is 0.708. The summed E-state index contributed by atoms with van der Waals surface area (Å²) in [4.78, 5) is 14.1. The molecule has 1 N–H and O–H groups in total. The van der Waals surface area contributed by atoms with E-state index in [-0.39, 0.29) is 0 Å². The maximum atomic E-state index is 10.2. The van der Waals surface area contributed by atoms with Gasteiger partial charge < -0.3 is 9.84 Å². The number of ether oxygens (including phenoxy) is 1. The third-order valence-electron chi connectivity index (χ3n) is 1.39. The third kappa shape index (κ3) is 2.94. The van der Waals surface area contributed by atoms with Gasteiger partial charge in [0.05, 0.1) is 7.11 Å². The summed E-state index contributed by atoms with van der Waals surface area (Å²) in [6.07, 6.45) is 4.07. The monoisotopic (exact) mass is 179 g/mol. The summed E-state index contributed by atoms with van der Waals surface area (Å²) in [6, 6.07) is 3.40. The summed E-state index contributed by atoms with van der Waals surface area (Å²) in [5, 5.41) is 8.34. The fourth-order valence-corrected chi connectivity index (χ4v) is 0.779. The Labute approximate surface area is 75.5 Å². The van der Waals surface area contributed by atoms with E-state index in [1.165, 1.54) is 19.4 Å². The van der Waals surface area contributed by atoms with Gasteiger partial charge in [0, 0.05) is 18.3 Å². The van der Waals surface area contributed by atoms with Gasteiger partial charge in [0.25, 0.3) is 0 Å². The van der Waals surface area contributed by atoms with Crippen molar-refractivity contribution in [2.75, 3.05) is 7.11 Å². The maximum absolute atomic E-state index is 10.2. The topological polar surface area (TPSA) is 59.4 Å². The van der Waals surface area contributed by atoms with Crippen molar-refractivity contribution in [3.63, 3.8) is 0 Å². The number of carboxylic acid groups (broad SMARTS) is 1. The second-order valence-electron chi connectivity index (χ2n) is 2.31. The molecule has 0 saturated heterocycles. The normalized spacial score (nSPS) is 10.2. The SMILES string of the molecule is COc1ccc(/C=C/C(=O)O)cn1. The van der Waals surface area contributed by atoms with Crippen LogP contribution in [-0.2, 0) is 4.79 Å². The largest absolute Gasteiger partial charge is 0.481 e. The zero-order valence-electron chi connectivity index (χ0n) is 7.10. The first-order chi connectivity index (χ1) is 6.22. The van der Waals surface area contributed by atoms with Crippen LogP contribution in [0.3, 0.4) is 0 Å². The highest BCUT2D eigenvalue weighted by Gasteiger charge is 1.92. The molecule has 0 spiro atoms. The van der Waals surface area contributed by atoms with E-state index < -0.39 is 5.97 Å². The molecule has 0 bridgehead atoms. The molecule has 0 saturated carbocycles. The number of pyridine rings is 1. The summed E-state index contributed by atoms with van der Waals surface area (Å²) in [7, 11) is 1.52. The van der Waals surface area contributed by atoms with Crippen LogP contribution < -0.4 is 4.74 Å². The number of hydrogen-bond acceptors (Lipinski definition) is 3.